The van der Waals surface area contributed by atoms with Crippen molar-refractivity contribution >= 4 is 26.0 Å². The van der Waals surface area contributed by atoms with Crippen LogP contribution in [-0.4, -0.2) is 34.2 Å². The Hall–Kier alpha value is -0.410. The van der Waals surface area contributed by atoms with E-state index in [2.05, 4.69) is 26.0 Å². The van der Waals surface area contributed by atoms with E-state index in [-0.39, 0.29) is 16.1 Å². The van der Waals surface area contributed by atoms with Gasteiger partial charge in [0.25, 0.3) is 0 Å². The van der Waals surface area contributed by atoms with Crippen molar-refractivity contribution in [1.29, 1.82) is 0 Å². The molecule has 0 bridgehead atoms. The first-order valence-electron chi connectivity index (χ1n) is 6.43. The highest BCUT2D eigenvalue weighted by Gasteiger charge is 2.32. The third-order valence-electron chi connectivity index (χ3n) is 3.28. The molecule has 114 valence electrons. The van der Waals surface area contributed by atoms with Crippen LogP contribution >= 0.6 is 15.9 Å². The molecule has 1 aromatic rings. The van der Waals surface area contributed by atoms with E-state index >= 15 is 0 Å². The summed E-state index contributed by atoms with van der Waals surface area (Å²) in [6.07, 6.45) is 1.81. The van der Waals surface area contributed by atoms with E-state index in [1.807, 2.05) is 6.92 Å². The number of ether oxygens (including phenoxy) is 1. The Morgan fingerprint density at radius 3 is 2.85 bits per heavy atom. The van der Waals surface area contributed by atoms with Gasteiger partial charge in [-0.25, -0.2) is 13.1 Å². The van der Waals surface area contributed by atoms with Gasteiger partial charge in [-0.3, -0.25) is 0 Å². The van der Waals surface area contributed by atoms with E-state index < -0.39 is 15.6 Å². The summed E-state index contributed by atoms with van der Waals surface area (Å²) >= 11 is 3.15. The molecule has 20 heavy (non-hydrogen) atoms. The molecule has 1 unspecified atom stereocenters. The molecule has 0 radical (unpaired) electrons. The zero-order chi connectivity index (χ0) is 14.8. The summed E-state index contributed by atoms with van der Waals surface area (Å²) in [5.41, 5.74) is -0.420. The van der Waals surface area contributed by atoms with Crippen LogP contribution in [0.4, 0.5) is 0 Å². The fraction of sp³-hybridized carbons (Fsp3) is 0.667. The molecule has 1 saturated heterocycles. The fourth-order valence-corrected chi connectivity index (χ4v) is 4.30. The van der Waals surface area contributed by atoms with Crippen molar-refractivity contribution in [2.24, 2.45) is 0 Å². The molecule has 2 N–H and O–H groups in total. The Labute approximate surface area is 127 Å². The number of halogens is 1. The van der Waals surface area contributed by atoms with Crippen LogP contribution in [0.3, 0.4) is 0 Å². The summed E-state index contributed by atoms with van der Waals surface area (Å²) in [4.78, 5) is 0.115. The maximum absolute atomic E-state index is 12.3. The molecule has 1 fully saturated rings. The van der Waals surface area contributed by atoms with Crippen LogP contribution in [0.25, 0.3) is 0 Å². The highest BCUT2D eigenvalue weighted by Crippen LogP contribution is 2.28. The van der Waals surface area contributed by atoms with Gasteiger partial charge in [0, 0.05) is 19.2 Å². The Morgan fingerprint density at radius 2 is 2.25 bits per heavy atom. The largest absolute Gasteiger partial charge is 0.452 e. The summed E-state index contributed by atoms with van der Waals surface area (Å²) < 4.78 is 38.3. The lowest BCUT2D eigenvalue weighted by atomic mass is 10.0. The van der Waals surface area contributed by atoms with Crippen molar-refractivity contribution < 1.29 is 17.6 Å². The van der Waals surface area contributed by atoms with Crippen LogP contribution in [0.2, 0.25) is 0 Å². The van der Waals surface area contributed by atoms with Crippen LogP contribution < -0.4 is 10.0 Å². The minimum absolute atomic E-state index is 0.115. The number of rotatable bonds is 6. The average molecular weight is 367 g/mol. The van der Waals surface area contributed by atoms with E-state index in [1.54, 1.807) is 7.05 Å². The topological polar surface area (TPSA) is 80.6 Å². The molecular weight excluding hydrogens is 348 g/mol. The summed E-state index contributed by atoms with van der Waals surface area (Å²) in [6, 6.07) is 1.51. The Balaban J connectivity index is 2.09. The molecule has 1 atom stereocenters. The van der Waals surface area contributed by atoms with Gasteiger partial charge in [0.15, 0.2) is 4.67 Å². The van der Waals surface area contributed by atoms with Crippen LogP contribution in [-0.2, 0) is 21.3 Å². The molecule has 0 amide bonds. The van der Waals surface area contributed by atoms with Crippen molar-refractivity contribution in [3.8, 4) is 0 Å². The summed E-state index contributed by atoms with van der Waals surface area (Å²) in [7, 11) is -1.85. The molecule has 1 aliphatic heterocycles. The van der Waals surface area contributed by atoms with E-state index in [0.717, 1.165) is 12.8 Å². The lowest BCUT2D eigenvalue weighted by Crippen LogP contribution is -2.40. The molecule has 0 aliphatic carbocycles. The third kappa shape index (κ3) is 3.62. The number of nitrogens with one attached hydrogen (secondary N) is 2. The van der Waals surface area contributed by atoms with Gasteiger partial charge < -0.3 is 14.5 Å². The molecule has 2 heterocycles. The summed E-state index contributed by atoms with van der Waals surface area (Å²) in [6.45, 7) is 3.32. The molecular formula is C12H19BrN2O4S. The van der Waals surface area contributed by atoms with Gasteiger partial charge in [0.2, 0.25) is 10.0 Å². The SMILES string of the molecule is CNCc1cc(S(=O)(=O)NCC2(C)CCCO2)c(Br)o1. The van der Waals surface area contributed by atoms with E-state index in [4.69, 9.17) is 9.15 Å². The summed E-state index contributed by atoms with van der Waals surface area (Å²) in [5, 5.41) is 2.91. The van der Waals surface area contributed by atoms with E-state index in [9.17, 15) is 8.42 Å². The number of hydrogen-bond acceptors (Lipinski definition) is 5. The molecule has 1 aliphatic rings. The molecule has 2 rings (SSSR count). The normalized spacial score (nSPS) is 23.4. The number of sulfonamides is 1. The van der Waals surface area contributed by atoms with E-state index in [0.29, 0.717) is 18.9 Å². The van der Waals surface area contributed by atoms with Crippen molar-refractivity contribution in [2.75, 3.05) is 20.2 Å². The highest BCUT2D eigenvalue weighted by molar-refractivity contribution is 9.10. The minimum Gasteiger partial charge on any atom is -0.452 e. The Kier molecular flexibility index (Phi) is 4.91. The van der Waals surface area contributed by atoms with E-state index in [1.165, 1.54) is 6.07 Å². The molecule has 0 aromatic carbocycles. The molecule has 0 saturated carbocycles. The van der Waals surface area contributed by atoms with Crippen molar-refractivity contribution in [1.82, 2.24) is 10.0 Å². The molecule has 1 aromatic heterocycles. The lowest BCUT2D eigenvalue weighted by molar-refractivity contribution is 0.0250. The average Bonchev–Trinajstić information content (AvgIpc) is 2.96. The van der Waals surface area contributed by atoms with Gasteiger partial charge in [-0.15, -0.1) is 0 Å². The first-order chi connectivity index (χ1) is 9.36. The van der Waals surface area contributed by atoms with Gasteiger partial charge in [-0.1, -0.05) is 0 Å². The maximum Gasteiger partial charge on any atom is 0.245 e. The second-order valence-electron chi connectivity index (χ2n) is 5.11. The van der Waals surface area contributed by atoms with Gasteiger partial charge >= 0.3 is 0 Å². The second-order valence-corrected chi connectivity index (χ2v) is 7.56. The predicted molar refractivity (Wildman–Crippen MR) is 78.0 cm³/mol. The van der Waals surface area contributed by atoms with Crippen LogP contribution in [0.1, 0.15) is 25.5 Å². The zero-order valence-corrected chi connectivity index (χ0v) is 13.9. The third-order valence-corrected chi connectivity index (χ3v) is 5.54. The first-order valence-corrected chi connectivity index (χ1v) is 8.70. The van der Waals surface area contributed by atoms with Crippen molar-refractivity contribution in [3.63, 3.8) is 0 Å². The molecule has 0 spiro atoms. The number of hydrogen-bond donors (Lipinski definition) is 2. The van der Waals surface area contributed by atoms with Crippen molar-refractivity contribution in [2.45, 2.75) is 36.8 Å². The Bertz CT molecular complexity index is 564. The van der Waals surface area contributed by atoms with Crippen LogP contribution in [0.5, 0.6) is 0 Å². The lowest BCUT2D eigenvalue weighted by Gasteiger charge is -2.23. The van der Waals surface area contributed by atoms with Gasteiger partial charge in [-0.2, -0.15) is 0 Å². The number of furan rings is 1. The summed E-state index contributed by atoms with van der Waals surface area (Å²) in [5.74, 6) is 0.558. The quantitative estimate of drug-likeness (QED) is 0.799. The minimum atomic E-state index is -3.61. The molecule has 8 heteroatoms. The van der Waals surface area contributed by atoms with Gasteiger partial charge in [0.1, 0.15) is 10.7 Å². The van der Waals surface area contributed by atoms with Gasteiger partial charge in [-0.05, 0) is 42.7 Å². The van der Waals surface area contributed by atoms with Crippen LogP contribution in [0, 0.1) is 0 Å². The first kappa shape index (κ1) is 16.0. The Morgan fingerprint density at radius 1 is 1.50 bits per heavy atom. The van der Waals surface area contributed by atoms with Gasteiger partial charge in [0.05, 0.1) is 12.1 Å². The second kappa shape index (κ2) is 6.15. The van der Waals surface area contributed by atoms with Crippen LogP contribution in [0.15, 0.2) is 20.0 Å². The maximum atomic E-state index is 12.3. The predicted octanol–water partition coefficient (Wildman–Crippen LogP) is 1.61. The standard InChI is InChI=1S/C12H19BrN2O4S/c1-12(4-3-5-18-12)8-15-20(16,17)10-6-9(7-14-2)19-11(10)13/h6,14-15H,3-5,7-8H2,1-2H3. The van der Waals surface area contributed by atoms with Crippen molar-refractivity contribution in [3.05, 3.63) is 16.5 Å². The fourth-order valence-electron chi connectivity index (χ4n) is 2.14. The highest BCUT2D eigenvalue weighted by atomic mass is 79.9. The smallest absolute Gasteiger partial charge is 0.245 e. The monoisotopic (exact) mass is 366 g/mol. The zero-order valence-electron chi connectivity index (χ0n) is 11.5. The molecule has 6 nitrogen and oxygen atoms in total.